The summed E-state index contributed by atoms with van der Waals surface area (Å²) in [6, 6.07) is 23.9. The SMILES string of the molecule is O=C(NC(c1ccccc1)c1ccccc1)N1CCC(S(=O)(=O)c2ccc(F)cc2)CC1. The molecule has 166 valence electrons. The van der Waals surface area contributed by atoms with Crippen molar-refractivity contribution in [2.24, 2.45) is 0 Å². The fourth-order valence-electron chi connectivity index (χ4n) is 4.05. The summed E-state index contributed by atoms with van der Waals surface area (Å²) in [5.41, 5.74) is 1.95. The molecular weight excluding hydrogens is 427 g/mol. The highest BCUT2D eigenvalue weighted by Crippen LogP contribution is 2.26. The standard InChI is InChI=1S/C25H25FN2O3S/c26-21-11-13-22(14-12-21)32(30,31)23-15-17-28(18-16-23)25(29)27-24(19-7-3-1-4-8-19)20-9-5-2-6-10-20/h1-14,23-24H,15-18H2,(H,27,29). The summed E-state index contributed by atoms with van der Waals surface area (Å²) < 4.78 is 38.9. The molecular formula is C25H25FN2O3S. The third kappa shape index (κ3) is 4.83. The van der Waals surface area contributed by atoms with Gasteiger partial charge in [-0.3, -0.25) is 0 Å². The van der Waals surface area contributed by atoms with E-state index in [1.165, 1.54) is 12.1 Å². The van der Waals surface area contributed by atoms with Crippen LogP contribution in [-0.4, -0.2) is 37.7 Å². The third-order valence-corrected chi connectivity index (χ3v) is 8.12. The van der Waals surface area contributed by atoms with Gasteiger partial charge in [-0.05, 0) is 48.2 Å². The Morgan fingerprint density at radius 1 is 0.844 bits per heavy atom. The molecule has 2 amide bonds. The Bertz CT molecular complexity index is 1110. The van der Waals surface area contributed by atoms with Crippen LogP contribution in [0.5, 0.6) is 0 Å². The average molecular weight is 453 g/mol. The maximum atomic E-state index is 13.2. The minimum absolute atomic E-state index is 0.120. The Hall–Kier alpha value is -3.19. The minimum Gasteiger partial charge on any atom is -0.327 e. The Morgan fingerprint density at radius 2 is 1.34 bits per heavy atom. The lowest BCUT2D eigenvalue weighted by atomic mass is 9.99. The summed E-state index contributed by atoms with van der Waals surface area (Å²) in [6.07, 6.45) is 0.683. The van der Waals surface area contributed by atoms with Crippen molar-refractivity contribution in [2.75, 3.05) is 13.1 Å². The summed E-state index contributed by atoms with van der Waals surface area (Å²) in [4.78, 5) is 14.8. The van der Waals surface area contributed by atoms with Crippen LogP contribution in [0.1, 0.15) is 30.0 Å². The van der Waals surface area contributed by atoms with E-state index in [0.717, 1.165) is 23.3 Å². The van der Waals surface area contributed by atoms with E-state index in [4.69, 9.17) is 0 Å². The molecule has 32 heavy (non-hydrogen) atoms. The molecule has 5 nitrogen and oxygen atoms in total. The molecule has 4 rings (SSSR count). The van der Waals surface area contributed by atoms with Gasteiger partial charge in [-0.15, -0.1) is 0 Å². The highest BCUT2D eigenvalue weighted by molar-refractivity contribution is 7.92. The predicted molar refractivity (Wildman–Crippen MR) is 121 cm³/mol. The van der Waals surface area contributed by atoms with E-state index in [1.807, 2.05) is 60.7 Å². The van der Waals surface area contributed by atoms with Crippen LogP contribution < -0.4 is 5.32 Å². The number of urea groups is 1. The average Bonchev–Trinajstić information content (AvgIpc) is 2.84. The first-order valence-electron chi connectivity index (χ1n) is 10.6. The molecule has 1 heterocycles. The molecule has 1 aliphatic rings. The Labute approximate surface area is 187 Å². The van der Waals surface area contributed by atoms with Gasteiger partial charge in [0.1, 0.15) is 5.82 Å². The molecule has 7 heteroatoms. The topological polar surface area (TPSA) is 66.5 Å². The van der Waals surface area contributed by atoms with Gasteiger partial charge < -0.3 is 10.2 Å². The number of rotatable bonds is 5. The van der Waals surface area contributed by atoms with Crippen molar-refractivity contribution >= 4 is 15.9 Å². The van der Waals surface area contributed by atoms with Crippen LogP contribution in [0, 0.1) is 5.82 Å². The molecule has 3 aromatic carbocycles. The first kappa shape index (κ1) is 22.0. The van der Waals surface area contributed by atoms with Gasteiger partial charge >= 0.3 is 6.03 Å². The quantitative estimate of drug-likeness (QED) is 0.577. The van der Waals surface area contributed by atoms with Crippen molar-refractivity contribution in [3.05, 3.63) is 102 Å². The second-order valence-corrected chi connectivity index (χ2v) is 10.1. The van der Waals surface area contributed by atoms with Gasteiger partial charge in [0.2, 0.25) is 0 Å². The lowest BCUT2D eigenvalue weighted by Gasteiger charge is -2.33. The molecule has 1 saturated heterocycles. The Morgan fingerprint density at radius 3 is 1.84 bits per heavy atom. The number of likely N-dealkylation sites (tertiary alicyclic amines) is 1. The molecule has 0 saturated carbocycles. The van der Waals surface area contributed by atoms with Crippen LogP contribution in [0.2, 0.25) is 0 Å². The summed E-state index contributed by atoms with van der Waals surface area (Å²) >= 11 is 0. The van der Waals surface area contributed by atoms with Crippen LogP contribution in [-0.2, 0) is 9.84 Å². The van der Waals surface area contributed by atoms with Crippen molar-refractivity contribution in [3.63, 3.8) is 0 Å². The van der Waals surface area contributed by atoms with Gasteiger partial charge in [0.05, 0.1) is 16.2 Å². The Kier molecular flexibility index (Phi) is 6.55. The zero-order chi connectivity index (χ0) is 22.6. The number of hydrogen-bond donors (Lipinski definition) is 1. The Balaban J connectivity index is 1.44. The number of benzene rings is 3. The van der Waals surface area contributed by atoms with E-state index < -0.39 is 20.9 Å². The summed E-state index contributed by atoms with van der Waals surface area (Å²) in [7, 11) is -3.56. The number of hydrogen-bond acceptors (Lipinski definition) is 3. The molecule has 0 aromatic heterocycles. The molecule has 0 atom stereocenters. The van der Waals surface area contributed by atoms with Crippen LogP contribution in [0.3, 0.4) is 0 Å². The fraction of sp³-hybridized carbons (Fsp3) is 0.240. The zero-order valence-electron chi connectivity index (χ0n) is 17.5. The van der Waals surface area contributed by atoms with Crippen molar-refractivity contribution < 1.29 is 17.6 Å². The van der Waals surface area contributed by atoms with Crippen LogP contribution in [0.25, 0.3) is 0 Å². The molecule has 3 aromatic rings. The van der Waals surface area contributed by atoms with Crippen molar-refractivity contribution in [1.82, 2.24) is 10.2 Å². The second-order valence-electron chi connectivity index (χ2n) is 7.89. The van der Waals surface area contributed by atoms with Gasteiger partial charge in [0, 0.05) is 13.1 Å². The number of carbonyl (C=O) groups excluding carboxylic acids is 1. The molecule has 0 aliphatic carbocycles. The third-order valence-electron chi connectivity index (χ3n) is 5.84. The molecule has 0 spiro atoms. The molecule has 1 N–H and O–H groups in total. The van der Waals surface area contributed by atoms with Crippen LogP contribution in [0.4, 0.5) is 9.18 Å². The summed E-state index contributed by atoms with van der Waals surface area (Å²) in [5.74, 6) is -0.471. The van der Waals surface area contributed by atoms with Crippen molar-refractivity contribution in [3.8, 4) is 0 Å². The van der Waals surface area contributed by atoms with E-state index >= 15 is 0 Å². The molecule has 1 fully saturated rings. The maximum Gasteiger partial charge on any atom is 0.318 e. The van der Waals surface area contributed by atoms with Gasteiger partial charge in [-0.1, -0.05) is 60.7 Å². The molecule has 0 radical (unpaired) electrons. The summed E-state index contributed by atoms with van der Waals surface area (Å²) in [5, 5.41) is 2.52. The first-order valence-corrected chi connectivity index (χ1v) is 12.1. The smallest absolute Gasteiger partial charge is 0.318 e. The number of halogens is 1. The van der Waals surface area contributed by atoms with Gasteiger partial charge in [-0.2, -0.15) is 0 Å². The maximum absolute atomic E-state index is 13.2. The largest absolute Gasteiger partial charge is 0.327 e. The summed E-state index contributed by atoms with van der Waals surface area (Å²) in [6.45, 7) is 0.681. The number of amides is 2. The van der Waals surface area contributed by atoms with Crippen molar-refractivity contribution in [1.29, 1.82) is 0 Å². The number of nitrogens with one attached hydrogen (secondary N) is 1. The lowest BCUT2D eigenvalue weighted by molar-refractivity contribution is 0.184. The van der Waals surface area contributed by atoms with E-state index in [9.17, 15) is 17.6 Å². The van der Waals surface area contributed by atoms with Gasteiger partial charge in [-0.25, -0.2) is 17.6 Å². The number of nitrogens with zero attached hydrogens (tertiary/aromatic N) is 1. The highest BCUT2D eigenvalue weighted by atomic mass is 32.2. The number of piperidine rings is 1. The van der Waals surface area contributed by atoms with Gasteiger partial charge in [0.15, 0.2) is 9.84 Å². The predicted octanol–water partition coefficient (Wildman–Crippen LogP) is 4.56. The number of sulfone groups is 1. The molecule has 1 aliphatic heterocycles. The van der Waals surface area contributed by atoms with E-state index in [0.29, 0.717) is 25.9 Å². The van der Waals surface area contributed by atoms with E-state index in [-0.39, 0.29) is 17.0 Å². The monoisotopic (exact) mass is 452 g/mol. The minimum atomic E-state index is -3.56. The highest BCUT2D eigenvalue weighted by Gasteiger charge is 2.33. The second kappa shape index (κ2) is 9.53. The van der Waals surface area contributed by atoms with Crippen LogP contribution in [0.15, 0.2) is 89.8 Å². The zero-order valence-corrected chi connectivity index (χ0v) is 18.3. The lowest BCUT2D eigenvalue weighted by Crippen LogP contribution is -2.47. The van der Waals surface area contributed by atoms with E-state index in [2.05, 4.69) is 5.32 Å². The normalized spacial score (nSPS) is 15.0. The first-order chi connectivity index (χ1) is 15.4. The fourth-order valence-corrected chi connectivity index (χ4v) is 5.78. The van der Waals surface area contributed by atoms with Crippen LogP contribution >= 0.6 is 0 Å². The van der Waals surface area contributed by atoms with Gasteiger partial charge in [0.25, 0.3) is 0 Å². The number of carbonyl (C=O) groups is 1. The molecule has 0 bridgehead atoms. The van der Waals surface area contributed by atoms with E-state index in [1.54, 1.807) is 4.90 Å². The van der Waals surface area contributed by atoms with Crippen molar-refractivity contribution in [2.45, 2.75) is 29.0 Å². The molecule has 0 unspecified atom stereocenters.